The Hall–Kier alpha value is -1.34. The van der Waals surface area contributed by atoms with Gasteiger partial charge >= 0.3 is 0 Å². The lowest BCUT2D eigenvalue weighted by Gasteiger charge is -2.31. The summed E-state index contributed by atoms with van der Waals surface area (Å²) in [6, 6.07) is 4.53. The summed E-state index contributed by atoms with van der Waals surface area (Å²) in [6.45, 7) is 0. The Kier molecular flexibility index (Phi) is 5.72. The third-order valence-corrected chi connectivity index (χ3v) is 5.98. The molecule has 1 aliphatic rings. The summed E-state index contributed by atoms with van der Waals surface area (Å²) in [5.41, 5.74) is 0. The lowest BCUT2D eigenvalue weighted by molar-refractivity contribution is -0.129. The highest BCUT2D eigenvalue weighted by Crippen LogP contribution is 2.23. The first kappa shape index (κ1) is 16.5. The van der Waals surface area contributed by atoms with Gasteiger partial charge in [-0.05, 0) is 24.3 Å². The lowest BCUT2D eigenvalue weighted by atomic mass is 9.94. The number of carbonyl (C=O) groups excluding carboxylic acids is 1. The molecule has 2 heterocycles. The number of nitrogens with one attached hydrogen (secondary N) is 1. The quantitative estimate of drug-likeness (QED) is 0.812. The summed E-state index contributed by atoms with van der Waals surface area (Å²) in [7, 11) is 1.93. The maximum atomic E-state index is 12.3. The van der Waals surface area contributed by atoms with E-state index in [2.05, 4.69) is 26.6 Å². The van der Waals surface area contributed by atoms with Gasteiger partial charge in [0.15, 0.2) is 0 Å². The van der Waals surface area contributed by atoms with Gasteiger partial charge in [-0.25, -0.2) is 4.98 Å². The van der Waals surface area contributed by atoms with Crippen LogP contribution in [0.3, 0.4) is 0 Å². The zero-order valence-electron chi connectivity index (χ0n) is 13.3. The maximum Gasteiger partial charge on any atom is 0.233 e. The fourth-order valence-electron chi connectivity index (χ4n) is 2.90. The maximum absolute atomic E-state index is 12.3. The fraction of sp³-hybridized carbons (Fsp3) is 0.562. The van der Waals surface area contributed by atoms with Gasteiger partial charge in [-0.15, -0.1) is 16.4 Å². The number of carbonyl (C=O) groups is 1. The third kappa shape index (κ3) is 4.57. The van der Waals surface area contributed by atoms with Crippen LogP contribution >= 0.6 is 23.1 Å². The van der Waals surface area contributed by atoms with Crippen LogP contribution in [-0.2, 0) is 11.2 Å². The molecule has 23 heavy (non-hydrogen) atoms. The Morgan fingerprint density at radius 1 is 1.43 bits per heavy atom. The van der Waals surface area contributed by atoms with E-state index in [0.717, 1.165) is 25.1 Å². The van der Waals surface area contributed by atoms with E-state index in [1.165, 1.54) is 35.9 Å². The number of hydrogen-bond acceptors (Lipinski definition) is 5. The predicted molar refractivity (Wildman–Crippen MR) is 93.9 cm³/mol. The van der Waals surface area contributed by atoms with Gasteiger partial charge in [-0.3, -0.25) is 9.89 Å². The number of H-pyrrole nitrogens is 1. The second-order valence-corrected chi connectivity index (χ2v) is 7.88. The summed E-state index contributed by atoms with van der Waals surface area (Å²) >= 11 is 3.12. The van der Waals surface area contributed by atoms with E-state index in [4.69, 9.17) is 0 Å². The Labute approximate surface area is 144 Å². The van der Waals surface area contributed by atoms with Crippen LogP contribution in [0.2, 0.25) is 0 Å². The topological polar surface area (TPSA) is 61.9 Å². The average Bonchev–Trinajstić information content (AvgIpc) is 3.25. The Morgan fingerprint density at radius 2 is 2.26 bits per heavy atom. The molecule has 1 saturated carbocycles. The SMILES string of the molecule is CN(C(=O)CSc1n[nH]c(Cc2cccs2)n1)C1CCCCC1. The molecule has 0 radical (unpaired) electrons. The monoisotopic (exact) mass is 350 g/mol. The normalized spacial score (nSPS) is 15.7. The summed E-state index contributed by atoms with van der Waals surface area (Å²) < 4.78 is 0. The molecule has 2 aromatic heterocycles. The number of thiophene rings is 1. The zero-order valence-corrected chi connectivity index (χ0v) is 15.0. The molecule has 1 fully saturated rings. The second-order valence-electron chi connectivity index (χ2n) is 5.91. The molecule has 0 aromatic carbocycles. The molecule has 1 amide bonds. The van der Waals surface area contributed by atoms with Gasteiger partial charge in [-0.2, -0.15) is 0 Å². The molecule has 1 aliphatic carbocycles. The largest absolute Gasteiger partial charge is 0.342 e. The van der Waals surface area contributed by atoms with Crippen molar-refractivity contribution in [3.05, 3.63) is 28.2 Å². The summed E-state index contributed by atoms with van der Waals surface area (Å²) in [4.78, 5) is 20.0. The molecule has 0 bridgehead atoms. The Bertz CT molecular complexity index is 620. The molecular weight excluding hydrogens is 328 g/mol. The molecule has 0 unspecified atom stereocenters. The van der Waals surface area contributed by atoms with Crippen molar-refractivity contribution in [1.29, 1.82) is 0 Å². The van der Waals surface area contributed by atoms with Gasteiger partial charge in [0.05, 0.1) is 5.75 Å². The van der Waals surface area contributed by atoms with Crippen molar-refractivity contribution in [2.45, 2.75) is 49.7 Å². The van der Waals surface area contributed by atoms with Crippen LogP contribution in [0, 0.1) is 0 Å². The molecule has 2 aromatic rings. The molecule has 124 valence electrons. The van der Waals surface area contributed by atoms with E-state index < -0.39 is 0 Å². The molecule has 5 nitrogen and oxygen atoms in total. The lowest BCUT2D eigenvalue weighted by Crippen LogP contribution is -2.39. The van der Waals surface area contributed by atoms with Crippen LogP contribution < -0.4 is 0 Å². The molecular formula is C16H22N4OS2. The molecule has 0 atom stereocenters. The molecule has 3 rings (SSSR count). The van der Waals surface area contributed by atoms with Gasteiger partial charge < -0.3 is 4.90 Å². The van der Waals surface area contributed by atoms with E-state index >= 15 is 0 Å². The van der Waals surface area contributed by atoms with Gasteiger partial charge in [0.1, 0.15) is 5.82 Å². The number of rotatable bonds is 6. The van der Waals surface area contributed by atoms with Crippen molar-refractivity contribution >= 4 is 29.0 Å². The van der Waals surface area contributed by atoms with Crippen LogP contribution in [-0.4, -0.2) is 44.8 Å². The number of nitrogens with zero attached hydrogens (tertiary/aromatic N) is 3. The highest BCUT2D eigenvalue weighted by molar-refractivity contribution is 7.99. The highest BCUT2D eigenvalue weighted by atomic mass is 32.2. The number of aromatic amines is 1. The first-order chi connectivity index (χ1) is 11.2. The van der Waals surface area contributed by atoms with Crippen molar-refractivity contribution in [3.63, 3.8) is 0 Å². The van der Waals surface area contributed by atoms with E-state index in [9.17, 15) is 4.79 Å². The first-order valence-electron chi connectivity index (χ1n) is 8.04. The number of amides is 1. The summed E-state index contributed by atoms with van der Waals surface area (Å²) in [5, 5.41) is 9.87. The van der Waals surface area contributed by atoms with Crippen LogP contribution in [0.1, 0.15) is 42.8 Å². The average molecular weight is 351 g/mol. The number of thioether (sulfide) groups is 1. The van der Waals surface area contributed by atoms with Gasteiger partial charge in [0.2, 0.25) is 11.1 Å². The van der Waals surface area contributed by atoms with Crippen molar-refractivity contribution in [1.82, 2.24) is 20.1 Å². The minimum absolute atomic E-state index is 0.173. The molecule has 0 saturated heterocycles. The smallest absolute Gasteiger partial charge is 0.233 e. The van der Waals surface area contributed by atoms with Crippen molar-refractivity contribution in [2.24, 2.45) is 0 Å². The minimum Gasteiger partial charge on any atom is -0.342 e. The van der Waals surface area contributed by atoms with Gasteiger partial charge in [0, 0.05) is 24.4 Å². The molecule has 7 heteroatoms. The van der Waals surface area contributed by atoms with Crippen molar-refractivity contribution in [2.75, 3.05) is 12.8 Å². The Morgan fingerprint density at radius 3 is 3.00 bits per heavy atom. The number of aromatic nitrogens is 3. The van der Waals surface area contributed by atoms with E-state index in [1.807, 2.05) is 18.0 Å². The Balaban J connectivity index is 1.48. The van der Waals surface area contributed by atoms with Gasteiger partial charge in [-0.1, -0.05) is 37.1 Å². The van der Waals surface area contributed by atoms with Crippen LogP contribution in [0.15, 0.2) is 22.7 Å². The summed E-state index contributed by atoms with van der Waals surface area (Å²) in [5.74, 6) is 1.43. The van der Waals surface area contributed by atoms with Crippen LogP contribution in [0.4, 0.5) is 0 Å². The second kappa shape index (κ2) is 7.97. The minimum atomic E-state index is 0.173. The van der Waals surface area contributed by atoms with E-state index in [-0.39, 0.29) is 5.91 Å². The number of hydrogen-bond donors (Lipinski definition) is 1. The first-order valence-corrected chi connectivity index (χ1v) is 9.91. The van der Waals surface area contributed by atoms with Crippen LogP contribution in [0.5, 0.6) is 0 Å². The van der Waals surface area contributed by atoms with E-state index in [1.54, 1.807) is 11.3 Å². The van der Waals surface area contributed by atoms with Crippen LogP contribution in [0.25, 0.3) is 0 Å². The predicted octanol–water partition coefficient (Wildman–Crippen LogP) is 3.34. The molecule has 0 aliphatic heterocycles. The van der Waals surface area contributed by atoms with Gasteiger partial charge in [0.25, 0.3) is 0 Å². The molecule has 1 N–H and O–H groups in total. The van der Waals surface area contributed by atoms with Crippen molar-refractivity contribution in [3.8, 4) is 0 Å². The molecule has 0 spiro atoms. The third-order valence-electron chi connectivity index (χ3n) is 4.27. The summed E-state index contributed by atoms with van der Waals surface area (Å²) in [6.07, 6.45) is 6.82. The standard InChI is InChI=1S/C16H22N4OS2/c1-20(12-6-3-2-4-7-12)15(21)11-23-16-17-14(18-19-16)10-13-8-5-9-22-13/h5,8-9,12H,2-4,6-7,10-11H2,1H3,(H,17,18,19). The van der Waals surface area contributed by atoms with E-state index in [0.29, 0.717) is 17.0 Å². The zero-order chi connectivity index (χ0) is 16.1. The highest BCUT2D eigenvalue weighted by Gasteiger charge is 2.22. The fourth-order valence-corrected chi connectivity index (χ4v) is 4.35. The van der Waals surface area contributed by atoms with Crippen molar-refractivity contribution < 1.29 is 4.79 Å².